The number of halogens is 1. The highest BCUT2D eigenvalue weighted by Crippen LogP contribution is 2.43. The van der Waals surface area contributed by atoms with Crippen molar-refractivity contribution in [3.8, 4) is 11.1 Å². The highest BCUT2D eigenvalue weighted by Gasteiger charge is 2.45. The molecule has 17 heteroatoms. The predicted molar refractivity (Wildman–Crippen MR) is 292 cm³/mol. The van der Waals surface area contributed by atoms with E-state index in [9.17, 15) is 28.4 Å². The van der Waals surface area contributed by atoms with Crippen molar-refractivity contribution >= 4 is 40.9 Å². The summed E-state index contributed by atoms with van der Waals surface area (Å²) in [5.41, 5.74) is 12.2. The number of nitrogens with one attached hydrogen (secondary N) is 4. The Morgan fingerprint density at radius 1 is 0.947 bits per heavy atom. The third-order valence-corrected chi connectivity index (χ3v) is 15.5. The number of ketones is 1. The molecule has 0 saturated carbocycles. The molecule has 4 amide bonds. The fraction of sp³-hybridized carbons (Fsp3) is 0.569. The summed E-state index contributed by atoms with van der Waals surface area (Å²) in [6.07, 6.45) is 12.0. The molecule has 7 rings (SSSR count). The number of aromatic nitrogens is 3. The minimum absolute atomic E-state index is 0.0808. The number of anilines is 2. The maximum Gasteiger partial charge on any atom is 0.254 e. The van der Waals surface area contributed by atoms with Gasteiger partial charge in [-0.1, -0.05) is 83.7 Å². The molecule has 6 N–H and O–H groups in total. The van der Waals surface area contributed by atoms with Gasteiger partial charge in [0.25, 0.3) is 5.91 Å². The van der Waals surface area contributed by atoms with E-state index < -0.39 is 23.5 Å². The summed E-state index contributed by atoms with van der Waals surface area (Å²) in [6.45, 7) is 14.2. The Kier molecular flexibility index (Phi) is 19.3. The minimum Gasteiger partial charge on any atom is -0.382 e. The second-order valence-electron chi connectivity index (χ2n) is 22.1. The number of likely N-dealkylation sites (tertiary alicyclic amines) is 1. The molecule has 0 spiro atoms. The average molecular weight is 1030 g/mol. The number of nitrogen functional groups attached to an aromatic ring is 1. The maximum absolute atomic E-state index is 14.7. The van der Waals surface area contributed by atoms with E-state index in [1.54, 1.807) is 43.1 Å². The standard InChI is InChI=1S/C58H82FN11O5/c1-9-46(39-21-15-14-16-22-39)64-55(73)50-33-42(35-69(50)57(75)52(58(4,5)6)65-54(72)37(2)61-7)62-28-18-13-11-10-12-17-23-43(71)24-19-30-70-38(3)51-40-31-49(53(60)63-34-40)68-29-20-25-48(68)45-32-41(59)26-27-44(45)56(74)67(8)36-47(51)66-70/h14-16,21-22,26-27,31-32,34,37,42,46,48,50,52,61-62H,9-13,17-20,23-25,28-30,33,35-36H2,1-8H3,(H2,60,63)(H,64,73)(H,65,72)/t37-,42-,46+,48-,50-,52+/m1/s1. The fourth-order valence-electron chi connectivity index (χ4n) is 11.1. The first kappa shape index (κ1) is 56.5. The van der Waals surface area contributed by atoms with Crippen LogP contribution in [0.2, 0.25) is 0 Å². The lowest BCUT2D eigenvalue weighted by molar-refractivity contribution is -0.144. The number of carbonyl (C=O) groups is 5. The number of nitrogens with zero attached hydrogens (tertiary/aromatic N) is 6. The lowest BCUT2D eigenvalue weighted by atomic mass is 9.85. The summed E-state index contributed by atoms with van der Waals surface area (Å²) in [7, 11) is 3.45. The third kappa shape index (κ3) is 13.8. The molecule has 0 radical (unpaired) electrons. The zero-order valence-electron chi connectivity index (χ0n) is 45.6. The van der Waals surface area contributed by atoms with Crippen LogP contribution in [0.25, 0.3) is 11.1 Å². The number of fused-ring (bicyclic) bond motifs is 8. The largest absolute Gasteiger partial charge is 0.382 e. The van der Waals surface area contributed by atoms with Gasteiger partial charge in [0.1, 0.15) is 29.5 Å². The van der Waals surface area contributed by atoms with Gasteiger partial charge in [-0.3, -0.25) is 28.7 Å². The van der Waals surface area contributed by atoms with Crippen molar-refractivity contribution < 1.29 is 28.4 Å². The van der Waals surface area contributed by atoms with E-state index in [0.717, 1.165) is 86.0 Å². The van der Waals surface area contributed by atoms with Gasteiger partial charge in [-0.25, -0.2) is 9.37 Å². The van der Waals surface area contributed by atoms with Gasteiger partial charge in [0.05, 0.1) is 36.1 Å². The van der Waals surface area contributed by atoms with Crippen molar-refractivity contribution in [3.63, 3.8) is 0 Å². The van der Waals surface area contributed by atoms with E-state index in [2.05, 4.69) is 31.2 Å². The molecule has 3 aliphatic heterocycles. The van der Waals surface area contributed by atoms with Crippen LogP contribution in [-0.2, 0) is 32.3 Å². The minimum atomic E-state index is -0.821. The van der Waals surface area contributed by atoms with Crippen molar-refractivity contribution in [2.45, 2.75) is 174 Å². The molecule has 16 nitrogen and oxygen atoms in total. The van der Waals surface area contributed by atoms with E-state index in [1.165, 1.54) is 12.1 Å². The molecule has 2 saturated heterocycles. The molecule has 406 valence electrons. The van der Waals surface area contributed by atoms with Gasteiger partial charge in [-0.15, -0.1) is 0 Å². The Hall–Kier alpha value is -6.20. The van der Waals surface area contributed by atoms with Gasteiger partial charge < -0.3 is 41.7 Å². The van der Waals surface area contributed by atoms with Crippen LogP contribution in [-0.4, -0.2) is 112 Å². The molecule has 2 aromatic heterocycles. The molecule has 5 heterocycles. The second-order valence-corrected chi connectivity index (χ2v) is 22.1. The number of likely N-dealkylation sites (N-methyl/N-ethyl adjacent to an activating group) is 1. The Labute approximate surface area is 443 Å². The zero-order valence-corrected chi connectivity index (χ0v) is 45.6. The molecule has 0 aliphatic carbocycles. The number of Topliss-reactive ketones (excluding diaryl/α,β-unsaturated/α-hetero) is 1. The number of benzene rings is 2. The van der Waals surface area contributed by atoms with Crippen LogP contribution in [0.4, 0.5) is 15.9 Å². The summed E-state index contributed by atoms with van der Waals surface area (Å²) >= 11 is 0. The van der Waals surface area contributed by atoms with Crippen LogP contribution in [0, 0.1) is 18.2 Å². The molecular weight excluding hydrogens is 950 g/mol. The molecule has 2 bridgehead atoms. The first-order chi connectivity index (χ1) is 35.9. The first-order valence-electron chi connectivity index (χ1n) is 27.4. The normalized spacial score (nSPS) is 18.8. The van der Waals surface area contributed by atoms with E-state index in [0.29, 0.717) is 74.4 Å². The SMILES string of the molecule is CC[C@H](NC(=O)[C@H]1C[C@@H](NCCCCCCCCC(=O)CCCn2nc3c(c2C)-c2cnc(N)c(c2)N2CCC[C@@H]2c2cc(F)ccc2C(=O)N(C)C3)CN1C(=O)[C@H](NC(=O)[C@@H](C)NC)C(C)(C)C)c1ccccc1. The molecule has 75 heavy (non-hydrogen) atoms. The summed E-state index contributed by atoms with van der Waals surface area (Å²) in [6, 6.07) is 13.8. The molecule has 2 aromatic carbocycles. The maximum atomic E-state index is 14.7. The quantitative estimate of drug-likeness (QED) is 0.0479. The topological polar surface area (TPSA) is 200 Å². The van der Waals surface area contributed by atoms with Crippen LogP contribution >= 0.6 is 0 Å². The smallest absolute Gasteiger partial charge is 0.254 e. The highest BCUT2D eigenvalue weighted by molar-refractivity contribution is 5.96. The third-order valence-electron chi connectivity index (χ3n) is 15.5. The van der Waals surface area contributed by atoms with Crippen LogP contribution < -0.4 is 31.9 Å². The lowest BCUT2D eigenvalue weighted by Gasteiger charge is -2.36. The molecule has 4 aromatic rings. The number of nitrogens with two attached hydrogens (primary N) is 1. The Balaban J connectivity index is 0.871. The van der Waals surface area contributed by atoms with Crippen molar-refractivity contribution in [2.75, 3.05) is 44.4 Å². The second kappa shape index (κ2) is 25.6. The van der Waals surface area contributed by atoms with Crippen molar-refractivity contribution in [1.29, 1.82) is 0 Å². The number of hydrogen-bond donors (Lipinski definition) is 5. The summed E-state index contributed by atoms with van der Waals surface area (Å²) in [5, 5.41) is 17.8. The van der Waals surface area contributed by atoms with Crippen LogP contribution in [0.3, 0.4) is 0 Å². The van der Waals surface area contributed by atoms with Gasteiger partial charge in [0, 0.05) is 74.1 Å². The van der Waals surface area contributed by atoms with E-state index >= 15 is 0 Å². The summed E-state index contributed by atoms with van der Waals surface area (Å²) in [4.78, 5) is 78.8. The Bertz CT molecular complexity index is 2630. The van der Waals surface area contributed by atoms with Crippen molar-refractivity contribution in [2.24, 2.45) is 5.41 Å². The zero-order chi connectivity index (χ0) is 54.0. The van der Waals surface area contributed by atoms with Gasteiger partial charge in [0.2, 0.25) is 17.7 Å². The molecule has 0 unspecified atom stereocenters. The number of carbonyl (C=O) groups excluding carboxylic acids is 5. The van der Waals surface area contributed by atoms with Crippen LogP contribution in [0.15, 0.2) is 60.8 Å². The average Bonchev–Trinajstić information content (AvgIpc) is 4.13. The molecule has 3 aliphatic rings. The first-order valence-corrected chi connectivity index (χ1v) is 27.4. The Morgan fingerprint density at radius 3 is 2.39 bits per heavy atom. The van der Waals surface area contributed by atoms with Gasteiger partial charge >= 0.3 is 0 Å². The highest BCUT2D eigenvalue weighted by atomic mass is 19.1. The van der Waals surface area contributed by atoms with Gasteiger partial charge in [-0.2, -0.15) is 5.10 Å². The fourth-order valence-corrected chi connectivity index (χ4v) is 11.1. The number of aryl methyl sites for hydroxylation is 1. The van der Waals surface area contributed by atoms with E-state index in [4.69, 9.17) is 10.8 Å². The van der Waals surface area contributed by atoms with Gasteiger partial charge in [0.15, 0.2) is 0 Å². The monoisotopic (exact) mass is 1030 g/mol. The van der Waals surface area contributed by atoms with Gasteiger partial charge in [-0.05, 0) is 113 Å². The molecule has 6 atom stereocenters. The van der Waals surface area contributed by atoms with Crippen molar-refractivity contribution in [3.05, 3.63) is 94.7 Å². The van der Waals surface area contributed by atoms with E-state index in [1.807, 2.05) is 75.7 Å². The molecule has 2 fully saturated rings. The summed E-state index contributed by atoms with van der Waals surface area (Å²) < 4.78 is 16.7. The lowest BCUT2D eigenvalue weighted by Crippen LogP contribution is -2.59. The summed E-state index contributed by atoms with van der Waals surface area (Å²) in [5.74, 6) is -0.700. The number of hydrogen-bond acceptors (Lipinski definition) is 11. The number of amides is 4. The number of rotatable bonds is 22. The number of unbranched alkanes of at least 4 members (excludes halogenated alkanes) is 5. The molecular formula is C58H82FN11O5. The van der Waals surface area contributed by atoms with Crippen molar-refractivity contribution in [1.82, 2.24) is 45.8 Å². The van der Waals surface area contributed by atoms with Crippen LogP contribution in [0.1, 0.15) is 163 Å². The van der Waals surface area contributed by atoms with E-state index in [-0.39, 0.29) is 59.9 Å². The Morgan fingerprint density at radius 2 is 1.67 bits per heavy atom. The predicted octanol–water partition coefficient (Wildman–Crippen LogP) is 7.95. The van der Waals surface area contributed by atoms with Crippen LogP contribution in [0.5, 0.6) is 0 Å². The number of pyridine rings is 1.